The molecule has 1 heterocycles. The lowest BCUT2D eigenvalue weighted by Gasteiger charge is -2.38. The lowest BCUT2D eigenvalue weighted by molar-refractivity contribution is -0.154. The molecule has 11 nitrogen and oxygen atoms in total. The second-order valence-corrected chi connectivity index (χ2v) is 8.26. The van der Waals surface area contributed by atoms with Crippen LogP contribution in [0.4, 0.5) is 9.59 Å². The van der Waals surface area contributed by atoms with Crippen molar-refractivity contribution in [2.24, 2.45) is 0 Å². The van der Waals surface area contributed by atoms with Crippen molar-refractivity contribution in [1.29, 1.82) is 0 Å². The van der Waals surface area contributed by atoms with E-state index in [9.17, 15) is 24.3 Å². The molecule has 1 fully saturated rings. The highest BCUT2D eigenvalue weighted by Crippen LogP contribution is 2.30. The summed E-state index contributed by atoms with van der Waals surface area (Å²) in [6, 6.07) is -1.97. The number of amides is 3. The predicted octanol–water partition coefficient (Wildman–Crippen LogP) is 0.541. The molecule has 1 aliphatic heterocycles. The van der Waals surface area contributed by atoms with Crippen LogP contribution in [0.15, 0.2) is 0 Å². The Hall–Kier alpha value is -2.56. The topological polar surface area (TPSA) is 144 Å². The highest BCUT2D eigenvalue weighted by molar-refractivity contribution is 5.84. The average molecular weight is 431 g/mol. The van der Waals surface area contributed by atoms with Crippen molar-refractivity contribution in [3.05, 3.63) is 0 Å². The molecule has 1 rings (SSSR count). The van der Waals surface area contributed by atoms with Gasteiger partial charge in [0.15, 0.2) is 6.04 Å². The van der Waals surface area contributed by atoms with E-state index in [1.54, 1.807) is 20.8 Å². The lowest BCUT2D eigenvalue weighted by atomic mass is 9.97. The smallest absolute Gasteiger partial charge is 0.410 e. The monoisotopic (exact) mass is 431 g/mol. The highest BCUT2D eigenvalue weighted by Gasteiger charge is 2.45. The minimum absolute atomic E-state index is 0.0651. The van der Waals surface area contributed by atoms with E-state index in [1.807, 2.05) is 0 Å². The fraction of sp³-hybridized carbons (Fsp3) is 0.789. The zero-order valence-corrected chi connectivity index (χ0v) is 18.4. The maximum atomic E-state index is 12.5. The standard InChI is InChI=1S/C19H33N3O8/c1-12(29-13(2)24)14(15(25)28-6)21-16(26)20-10-19(11-23)8-7-9-22(19)17(27)30-18(3,4)5/h12,14,23H,7-11H2,1-6H3,(H2,20,21,26)/t12-,14+,19?/m1/s1. The molecule has 1 unspecified atom stereocenters. The van der Waals surface area contributed by atoms with Gasteiger partial charge in [0.2, 0.25) is 0 Å². The summed E-state index contributed by atoms with van der Waals surface area (Å²) < 4.78 is 15.0. The number of aliphatic hydroxyl groups is 1. The molecule has 0 spiro atoms. The Morgan fingerprint density at radius 3 is 2.37 bits per heavy atom. The van der Waals surface area contributed by atoms with Gasteiger partial charge in [-0.2, -0.15) is 0 Å². The maximum absolute atomic E-state index is 12.5. The van der Waals surface area contributed by atoms with E-state index in [2.05, 4.69) is 15.4 Å². The highest BCUT2D eigenvalue weighted by atomic mass is 16.6. The number of nitrogens with one attached hydrogen (secondary N) is 2. The Labute approximate surface area is 176 Å². The number of hydrogen-bond acceptors (Lipinski definition) is 8. The number of likely N-dealkylation sites (tertiary alicyclic amines) is 1. The third-order valence-corrected chi connectivity index (χ3v) is 4.65. The van der Waals surface area contributed by atoms with Crippen molar-refractivity contribution in [3.63, 3.8) is 0 Å². The van der Waals surface area contributed by atoms with Gasteiger partial charge in [-0.1, -0.05) is 0 Å². The van der Waals surface area contributed by atoms with Gasteiger partial charge < -0.3 is 30.0 Å². The van der Waals surface area contributed by atoms with Crippen LogP contribution in [0, 0.1) is 0 Å². The van der Waals surface area contributed by atoms with Crippen LogP contribution in [0.1, 0.15) is 47.5 Å². The molecule has 0 aromatic rings. The Balaban J connectivity index is 2.82. The molecule has 172 valence electrons. The minimum Gasteiger partial charge on any atom is -0.467 e. The molecule has 3 N–H and O–H groups in total. The lowest BCUT2D eigenvalue weighted by Crippen LogP contribution is -2.60. The molecule has 0 radical (unpaired) electrons. The minimum atomic E-state index is -1.23. The molecule has 1 saturated heterocycles. The Morgan fingerprint density at radius 2 is 1.87 bits per heavy atom. The SMILES string of the molecule is COC(=O)[C@@H](NC(=O)NCC1(CO)CCCN1C(=O)OC(C)(C)C)[C@@H](C)OC(C)=O. The number of methoxy groups -OCH3 is 1. The van der Waals surface area contributed by atoms with Crippen LogP contribution in [-0.4, -0.2) is 84.2 Å². The first-order valence-electron chi connectivity index (χ1n) is 9.76. The quantitative estimate of drug-likeness (QED) is 0.391. The van der Waals surface area contributed by atoms with Gasteiger partial charge in [0.25, 0.3) is 0 Å². The van der Waals surface area contributed by atoms with Crippen molar-refractivity contribution in [2.75, 3.05) is 26.8 Å². The van der Waals surface area contributed by atoms with E-state index in [0.717, 1.165) is 7.11 Å². The molecule has 0 aliphatic carbocycles. The Kier molecular flexibility index (Phi) is 8.89. The molecule has 11 heteroatoms. The Bertz CT molecular complexity index is 648. The summed E-state index contributed by atoms with van der Waals surface area (Å²) in [5, 5.41) is 15.0. The van der Waals surface area contributed by atoms with Gasteiger partial charge in [-0.3, -0.25) is 9.69 Å². The van der Waals surface area contributed by atoms with Crippen molar-refractivity contribution in [1.82, 2.24) is 15.5 Å². The number of urea groups is 1. The van der Waals surface area contributed by atoms with Gasteiger partial charge in [-0.05, 0) is 40.5 Å². The maximum Gasteiger partial charge on any atom is 0.410 e. The molecular formula is C19H33N3O8. The van der Waals surface area contributed by atoms with Crippen molar-refractivity contribution >= 4 is 24.1 Å². The molecule has 0 bridgehead atoms. The van der Waals surface area contributed by atoms with Crippen molar-refractivity contribution in [3.8, 4) is 0 Å². The molecule has 30 heavy (non-hydrogen) atoms. The van der Waals surface area contributed by atoms with Crippen LogP contribution in [0.2, 0.25) is 0 Å². The van der Waals surface area contributed by atoms with Crippen molar-refractivity contribution < 1.29 is 38.5 Å². The summed E-state index contributed by atoms with van der Waals surface area (Å²) in [7, 11) is 1.15. The zero-order valence-electron chi connectivity index (χ0n) is 18.4. The van der Waals surface area contributed by atoms with Crippen LogP contribution in [-0.2, 0) is 23.8 Å². The second kappa shape index (κ2) is 10.5. The molecule has 0 aromatic carbocycles. The number of carbonyl (C=O) groups is 4. The summed E-state index contributed by atoms with van der Waals surface area (Å²) in [6.45, 7) is 7.79. The number of nitrogens with zero attached hydrogens (tertiary/aromatic N) is 1. The van der Waals surface area contributed by atoms with Crippen LogP contribution in [0.25, 0.3) is 0 Å². The van der Waals surface area contributed by atoms with E-state index in [-0.39, 0.29) is 13.2 Å². The number of esters is 2. The van der Waals surface area contributed by atoms with Crippen LogP contribution in [0.5, 0.6) is 0 Å². The third kappa shape index (κ3) is 7.05. The first-order valence-corrected chi connectivity index (χ1v) is 9.76. The normalized spacial score (nSPS) is 20.7. The van der Waals surface area contributed by atoms with E-state index >= 15 is 0 Å². The number of carbonyl (C=O) groups excluding carboxylic acids is 4. The van der Waals surface area contributed by atoms with Gasteiger partial charge in [-0.15, -0.1) is 0 Å². The molecule has 3 amide bonds. The third-order valence-electron chi connectivity index (χ3n) is 4.65. The van der Waals surface area contributed by atoms with E-state index in [0.29, 0.717) is 19.4 Å². The zero-order chi connectivity index (χ0) is 23.1. The summed E-state index contributed by atoms with van der Waals surface area (Å²) in [6.07, 6.45) is -0.436. The number of aliphatic hydroxyl groups excluding tert-OH is 1. The number of rotatable bonds is 7. The molecule has 0 saturated carbocycles. The van der Waals surface area contributed by atoms with Crippen LogP contribution in [0.3, 0.4) is 0 Å². The summed E-state index contributed by atoms with van der Waals surface area (Å²) in [4.78, 5) is 49.5. The van der Waals surface area contributed by atoms with Gasteiger partial charge in [0.05, 0.1) is 19.3 Å². The van der Waals surface area contributed by atoms with E-state index in [4.69, 9.17) is 9.47 Å². The van der Waals surface area contributed by atoms with Gasteiger partial charge in [-0.25, -0.2) is 14.4 Å². The number of hydrogen-bond donors (Lipinski definition) is 3. The molecular weight excluding hydrogens is 398 g/mol. The number of ether oxygens (including phenoxy) is 3. The van der Waals surface area contributed by atoms with Crippen molar-refractivity contribution in [2.45, 2.75) is 70.7 Å². The summed E-state index contributed by atoms with van der Waals surface area (Å²) >= 11 is 0. The fourth-order valence-electron chi connectivity index (χ4n) is 3.21. The molecule has 1 aliphatic rings. The summed E-state index contributed by atoms with van der Waals surface area (Å²) in [5.41, 5.74) is -1.73. The second-order valence-electron chi connectivity index (χ2n) is 8.26. The largest absolute Gasteiger partial charge is 0.467 e. The van der Waals surface area contributed by atoms with Gasteiger partial charge >= 0.3 is 24.1 Å². The first-order chi connectivity index (χ1) is 13.8. The Morgan fingerprint density at radius 1 is 1.23 bits per heavy atom. The fourth-order valence-corrected chi connectivity index (χ4v) is 3.21. The average Bonchev–Trinajstić information content (AvgIpc) is 3.06. The van der Waals surface area contributed by atoms with Crippen LogP contribution < -0.4 is 10.6 Å². The van der Waals surface area contributed by atoms with E-state index < -0.39 is 47.3 Å². The molecule has 0 aromatic heterocycles. The predicted molar refractivity (Wildman–Crippen MR) is 106 cm³/mol. The van der Waals surface area contributed by atoms with E-state index in [1.165, 1.54) is 18.7 Å². The van der Waals surface area contributed by atoms with Crippen LogP contribution >= 0.6 is 0 Å². The molecule has 3 atom stereocenters. The summed E-state index contributed by atoms with van der Waals surface area (Å²) in [5.74, 6) is -1.40. The first kappa shape index (κ1) is 25.5. The van der Waals surface area contributed by atoms with Gasteiger partial charge in [0.1, 0.15) is 11.7 Å². The van der Waals surface area contributed by atoms with Gasteiger partial charge in [0, 0.05) is 20.0 Å².